The van der Waals surface area contributed by atoms with Gasteiger partial charge >= 0.3 is 0 Å². The summed E-state index contributed by atoms with van der Waals surface area (Å²) in [7, 11) is 0. The summed E-state index contributed by atoms with van der Waals surface area (Å²) in [6, 6.07) is 6.30. The molecule has 0 spiro atoms. The Bertz CT molecular complexity index is 700. The zero-order chi connectivity index (χ0) is 17.8. The number of nitrogens with one attached hydrogen (secondary N) is 3. The number of carbonyl (C=O) groups excluding carboxylic acids is 1. The van der Waals surface area contributed by atoms with Gasteiger partial charge in [0.05, 0.1) is 12.2 Å². The van der Waals surface area contributed by atoms with Crippen LogP contribution in [0.15, 0.2) is 41.4 Å². The van der Waals surface area contributed by atoms with Crippen LogP contribution >= 0.6 is 11.3 Å². The van der Waals surface area contributed by atoms with Gasteiger partial charge in [-0.15, -0.1) is 0 Å². The van der Waals surface area contributed by atoms with Gasteiger partial charge in [0, 0.05) is 29.9 Å². The molecule has 0 radical (unpaired) electrons. The van der Waals surface area contributed by atoms with Crippen molar-refractivity contribution in [3.63, 3.8) is 0 Å². The predicted molar refractivity (Wildman–Crippen MR) is 103 cm³/mol. The Labute approximate surface area is 158 Å². The lowest BCUT2D eigenvalue weighted by Crippen LogP contribution is -2.49. The zero-order valence-electron chi connectivity index (χ0n) is 14.7. The first kappa shape index (κ1) is 17.6. The maximum Gasteiger partial charge on any atom is 0.252 e. The first-order chi connectivity index (χ1) is 12.8. The second-order valence-electron chi connectivity index (χ2n) is 7.08. The minimum absolute atomic E-state index is 0.0506. The van der Waals surface area contributed by atoms with Gasteiger partial charge in [-0.1, -0.05) is 6.07 Å². The average Bonchev–Trinajstić information content (AvgIpc) is 3.39. The number of pyridine rings is 1. The molecule has 6 nitrogen and oxygen atoms in total. The molecule has 0 aliphatic carbocycles. The van der Waals surface area contributed by atoms with Crippen LogP contribution in [-0.4, -0.2) is 41.6 Å². The molecule has 138 valence electrons. The van der Waals surface area contributed by atoms with Gasteiger partial charge in [-0.25, -0.2) is 10.9 Å². The number of amides is 1. The summed E-state index contributed by atoms with van der Waals surface area (Å²) in [5.41, 5.74) is 8.84. The lowest BCUT2D eigenvalue weighted by atomic mass is 9.95. The Kier molecular flexibility index (Phi) is 5.59. The highest BCUT2D eigenvalue weighted by Crippen LogP contribution is 2.26. The molecule has 7 heteroatoms. The number of hydrogen-bond donors (Lipinski definition) is 3. The van der Waals surface area contributed by atoms with Crippen molar-refractivity contribution < 1.29 is 4.79 Å². The second-order valence-corrected chi connectivity index (χ2v) is 7.86. The Morgan fingerprint density at radius 1 is 1.31 bits per heavy atom. The highest BCUT2D eigenvalue weighted by molar-refractivity contribution is 7.08. The van der Waals surface area contributed by atoms with Crippen molar-refractivity contribution in [2.24, 2.45) is 5.92 Å². The molecule has 2 aliphatic heterocycles. The number of hydrazine groups is 1. The van der Waals surface area contributed by atoms with Crippen LogP contribution in [0.5, 0.6) is 0 Å². The van der Waals surface area contributed by atoms with Gasteiger partial charge in [-0.3, -0.25) is 14.7 Å². The summed E-state index contributed by atoms with van der Waals surface area (Å²) in [6.07, 6.45) is 7.40. The molecule has 26 heavy (non-hydrogen) atoms. The third-order valence-electron chi connectivity index (χ3n) is 5.39. The monoisotopic (exact) mass is 371 g/mol. The van der Waals surface area contributed by atoms with Crippen LogP contribution in [-0.2, 0) is 0 Å². The lowest BCUT2D eigenvalue weighted by Gasteiger charge is -2.35. The Hall–Kier alpha value is -1.80. The van der Waals surface area contributed by atoms with E-state index in [1.165, 1.54) is 5.56 Å². The fraction of sp³-hybridized carbons (Fsp3) is 0.474. The molecule has 1 amide bonds. The van der Waals surface area contributed by atoms with Crippen LogP contribution < -0.4 is 16.2 Å². The summed E-state index contributed by atoms with van der Waals surface area (Å²) in [4.78, 5) is 18.8. The molecule has 2 saturated heterocycles. The average molecular weight is 372 g/mol. The first-order valence-electron chi connectivity index (χ1n) is 9.25. The van der Waals surface area contributed by atoms with Gasteiger partial charge in [0.15, 0.2) is 0 Å². The molecular formula is C19H25N5OS. The third kappa shape index (κ3) is 4.12. The van der Waals surface area contributed by atoms with Gasteiger partial charge in [0.2, 0.25) is 0 Å². The van der Waals surface area contributed by atoms with E-state index in [4.69, 9.17) is 0 Å². The van der Waals surface area contributed by atoms with Crippen molar-refractivity contribution in [3.05, 3.63) is 52.5 Å². The number of thiophene rings is 1. The fourth-order valence-electron chi connectivity index (χ4n) is 3.78. The van der Waals surface area contributed by atoms with E-state index >= 15 is 0 Å². The number of carbonyl (C=O) groups is 1. The zero-order valence-corrected chi connectivity index (χ0v) is 15.5. The molecular weight excluding hydrogens is 346 g/mol. The minimum Gasteiger partial charge on any atom is -0.352 e. The molecule has 0 bridgehead atoms. The number of hydrogen-bond acceptors (Lipinski definition) is 6. The standard InChI is InChI=1S/C19H25N5OS/c25-19(16-5-9-26-13-16)21-11-14-3-7-24(8-4-14)18-10-17(22-23-18)15-2-1-6-20-12-15/h1-2,5-6,9,12-14,17-18,22-23H,3-4,7-8,10-11H2,(H,21,25). The Morgan fingerprint density at radius 3 is 2.92 bits per heavy atom. The van der Waals surface area contributed by atoms with E-state index in [1.54, 1.807) is 11.3 Å². The van der Waals surface area contributed by atoms with Crippen LogP contribution in [0.3, 0.4) is 0 Å². The van der Waals surface area contributed by atoms with Crippen molar-refractivity contribution >= 4 is 17.2 Å². The Morgan fingerprint density at radius 2 is 2.19 bits per heavy atom. The molecule has 2 aromatic heterocycles. The lowest BCUT2D eigenvalue weighted by molar-refractivity contribution is 0.0915. The number of aromatic nitrogens is 1. The highest BCUT2D eigenvalue weighted by atomic mass is 32.1. The van der Waals surface area contributed by atoms with Crippen molar-refractivity contribution in [2.45, 2.75) is 31.5 Å². The van der Waals surface area contributed by atoms with Crippen LogP contribution in [0, 0.1) is 5.92 Å². The summed E-state index contributed by atoms with van der Waals surface area (Å²) < 4.78 is 0. The quantitative estimate of drug-likeness (QED) is 0.751. The van der Waals surface area contributed by atoms with Gasteiger partial charge in [0.25, 0.3) is 5.91 Å². The van der Waals surface area contributed by atoms with Gasteiger partial charge in [0.1, 0.15) is 0 Å². The molecule has 4 heterocycles. The van der Waals surface area contributed by atoms with Crippen LogP contribution in [0.25, 0.3) is 0 Å². The van der Waals surface area contributed by atoms with Crippen molar-refractivity contribution in [2.75, 3.05) is 19.6 Å². The largest absolute Gasteiger partial charge is 0.352 e. The molecule has 2 aromatic rings. The molecule has 2 unspecified atom stereocenters. The smallest absolute Gasteiger partial charge is 0.252 e. The van der Waals surface area contributed by atoms with Crippen LogP contribution in [0.1, 0.15) is 41.2 Å². The fourth-order valence-corrected chi connectivity index (χ4v) is 4.42. The summed E-state index contributed by atoms with van der Waals surface area (Å²) in [5.74, 6) is 0.618. The number of piperidine rings is 1. The molecule has 0 aromatic carbocycles. The molecule has 2 fully saturated rings. The van der Waals surface area contributed by atoms with E-state index in [2.05, 4.69) is 32.1 Å². The highest BCUT2D eigenvalue weighted by Gasteiger charge is 2.31. The van der Waals surface area contributed by atoms with Gasteiger partial charge in [-0.2, -0.15) is 11.3 Å². The number of nitrogens with zero attached hydrogens (tertiary/aromatic N) is 2. The van der Waals surface area contributed by atoms with Gasteiger partial charge < -0.3 is 5.32 Å². The van der Waals surface area contributed by atoms with E-state index in [9.17, 15) is 4.79 Å². The van der Waals surface area contributed by atoms with Gasteiger partial charge in [-0.05, 0) is 61.3 Å². The summed E-state index contributed by atoms with van der Waals surface area (Å²) in [5, 5.41) is 6.92. The van der Waals surface area contributed by atoms with Crippen molar-refractivity contribution in [1.29, 1.82) is 0 Å². The summed E-state index contributed by atoms with van der Waals surface area (Å²) in [6.45, 7) is 2.91. The number of rotatable bonds is 5. The van der Waals surface area contributed by atoms with E-state index in [-0.39, 0.29) is 5.91 Å². The molecule has 4 rings (SSSR count). The number of likely N-dealkylation sites (tertiary alicyclic amines) is 1. The molecule has 0 saturated carbocycles. The normalized spacial score (nSPS) is 24.6. The SMILES string of the molecule is O=C(NCC1CCN(C2CC(c3cccnc3)NN2)CC1)c1ccsc1. The summed E-state index contributed by atoms with van der Waals surface area (Å²) >= 11 is 1.56. The van der Waals surface area contributed by atoms with E-state index in [1.807, 2.05) is 35.3 Å². The van der Waals surface area contributed by atoms with Crippen molar-refractivity contribution in [1.82, 2.24) is 26.1 Å². The van der Waals surface area contributed by atoms with E-state index < -0.39 is 0 Å². The molecule has 3 N–H and O–H groups in total. The molecule has 2 aliphatic rings. The third-order valence-corrected chi connectivity index (χ3v) is 6.08. The minimum atomic E-state index is 0.0506. The predicted octanol–water partition coefficient (Wildman–Crippen LogP) is 2.15. The van der Waals surface area contributed by atoms with Crippen LogP contribution in [0.4, 0.5) is 0 Å². The van der Waals surface area contributed by atoms with Crippen molar-refractivity contribution in [3.8, 4) is 0 Å². The van der Waals surface area contributed by atoms with Crippen LogP contribution in [0.2, 0.25) is 0 Å². The topological polar surface area (TPSA) is 69.3 Å². The maximum atomic E-state index is 12.1. The maximum absolute atomic E-state index is 12.1. The Balaban J connectivity index is 1.21. The molecule has 2 atom stereocenters. The second kappa shape index (κ2) is 8.26. The van der Waals surface area contributed by atoms with E-state index in [0.717, 1.165) is 44.5 Å². The van der Waals surface area contributed by atoms with E-state index in [0.29, 0.717) is 18.1 Å². The first-order valence-corrected chi connectivity index (χ1v) is 10.2.